The van der Waals surface area contributed by atoms with Crippen molar-refractivity contribution in [3.8, 4) is 0 Å². The van der Waals surface area contributed by atoms with Crippen LogP contribution in [0.25, 0.3) is 0 Å². The van der Waals surface area contributed by atoms with E-state index in [1.165, 1.54) is 25.8 Å². The van der Waals surface area contributed by atoms with E-state index in [0.29, 0.717) is 6.17 Å². The molecule has 2 heteroatoms. The van der Waals surface area contributed by atoms with Crippen molar-refractivity contribution in [3.63, 3.8) is 0 Å². The van der Waals surface area contributed by atoms with Crippen LogP contribution in [-0.4, -0.2) is 18.8 Å². The fraction of sp³-hybridized carbons (Fsp3) is 1.00. The van der Waals surface area contributed by atoms with E-state index >= 15 is 0 Å². The van der Waals surface area contributed by atoms with Crippen molar-refractivity contribution >= 4 is 0 Å². The molecule has 2 unspecified atom stereocenters. The molecule has 0 aromatic rings. The van der Waals surface area contributed by atoms with Crippen LogP contribution in [0.5, 0.6) is 0 Å². The summed E-state index contributed by atoms with van der Waals surface area (Å²) in [5.74, 6) is 0.783. The second kappa shape index (κ2) is 4.83. The highest BCUT2D eigenvalue weighted by Gasteiger charge is 2.18. The van der Waals surface area contributed by atoms with Crippen LogP contribution in [0.1, 0.15) is 40.0 Å². The SMILES string of the molecule is CCC1CCNC(CC(C)C)N1. The summed E-state index contributed by atoms with van der Waals surface area (Å²) in [4.78, 5) is 0. The number of nitrogens with one attached hydrogen (secondary N) is 2. The van der Waals surface area contributed by atoms with Crippen molar-refractivity contribution in [3.05, 3.63) is 0 Å². The van der Waals surface area contributed by atoms with E-state index < -0.39 is 0 Å². The summed E-state index contributed by atoms with van der Waals surface area (Å²) in [5, 5.41) is 7.13. The van der Waals surface area contributed by atoms with E-state index in [1.54, 1.807) is 0 Å². The highest BCUT2D eigenvalue weighted by Crippen LogP contribution is 2.09. The fourth-order valence-corrected chi connectivity index (χ4v) is 1.80. The summed E-state index contributed by atoms with van der Waals surface area (Å²) in [7, 11) is 0. The molecular weight excluding hydrogens is 148 g/mol. The van der Waals surface area contributed by atoms with Crippen LogP contribution < -0.4 is 10.6 Å². The molecule has 0 bridgehead atoms. The molecule has 0 amide bonds. The van der Waals surface area contributed by atoms with E-state index in [-0.39, 0.29) is 0 Å². The van der Waals surface area contributed by atoms with Crippen LogP contribution in [0, 0.1) is 5.92 Å². The summed E-state index contributed by atoms with van der Waals surface area (Å²) in [6.07, 6.45) is 4.35. The van der Waals surface area contributed by atoms with Crippen LogP contribution in [0.4, 0.5) is 0 Å². The van der Waals surface area contributed by atoms with Crippen molar-refractivity contribution in [1.82, 2.24) is 10.6 Å². The van der Waals surface area contributed by atoms with Gasteiger partial charge in [-0.1, -0.05) is 20.8 Å². The molecule has 2 nitrogen and oxygen atoms in total. The highest BCUT2D eigenvalue weighted by molar-refractivity contribution is 4.79. The monoisotopic (exact) mass is 170 g/mol. The zero-order valence-electron chi connectivity index (χ0n) is 8.56. The molecule has 1 aliphatic rings. The Bertz CT molecular complexity index is 123. The third-order valence-corrected chi connectivity index (χ3v) is 2.52. The van der Waals surface area contributed by atoms with Crippen LogP contribution >= 0.6 is 0 Å². The van der Waals surface area contributed by atoms with E-state index in [9.17, 15) is 0 Å². The first-order valence-electron chi connectivity index (χ1n) is 5.21. The maximum Gasteiger partial charge on any atom is 0.0576 e. The lowest BCUT2D eigenvalue weighted by atomic mass is 10.0. The average molecular weight is 170 g/mol. The maximum atomic E-state index is 3.62. The highest BCUT2D eigenvalue weighted by atomic mass is 15.2. The van der Waals surface area contributed by atoms with Crippen LogP contribution in [0.2, 0.25) is 0 Å². The Balaban J connectivity index is 2.25. The van der Waals surface area contributed by atoms with Gasteiger partial charge in [-0.05, 0) is 31.7 Å². The molecule has 0 aliphatic carbocycles. The van der Waals surface area contributed by atoms with Crippen molar-refractivity contribution in [2.24, 2.45) is 5.92 Å². The van der Waals surface area contributed by atoms with Gasteiger partial charge in [0.2, 0.25) is 0 Å². The van der Waals surface area contributed by atoms with Crippen LogP contribution in [-0.2, 0) is 0 Å². The Morgan fingerprint density at radius 1 is 1.42 bits per heavy atom. The first kappa shape index (κ1) is 10.0. The molecule has 0 saturated carbocycles. The molecular formula is C10H22N2. The minimum absolute atomic E-state index is 0.559. The van der Waals surface area contributed by atoms with Gasteiger partial charge in [-0.25, -0.2) is 0 Å². The minimum Gasteiger partial charge on any atom is -0.302 e. The van der Waals surface area contributed by atoms with Gasteiger partial charge in [-0.15, -0.1) is 0 Å². The summed E-state index contributed by atoms with van der Waals surface area (Å²) in [6, 6.07) is 0.745. The molecule has 12 heavy (non-hydrogen) atoms. The van der Waals surface area contributed by atoms with Gasteiger partial charge >= 0.3 is 0 Å². The van der Waals surface area contributed by atoms with Crippen LogP contribution in [0.3, 0.4) is 0 Å². The van der Waals surface area contributed by atoms with E-state index in [4.69, 9.17) is 0 Å². The summed E-state index contributed by atoms with van der Waals surface area (Å²) in [6.45, 7) is 8.00. The standard InChI is InChI=1S/C10H22N2/c1-4-9-5-6-11-10(12-9)7-8(2)3/h8-12H,4-7H2,1-3H3. The summed E-state index contributed by atoms with van der Waals surface area (Å²) >= 11 is 0. The number of hydrogen-bond donors (Lipinski definition) is 2. The van der Waals surface area contributed by atoms with Gasteiger partial charge in [-0.2, -0.15) is 0 Å². The predicted molar refractivity (Wildman–Crippen MR) is 53.1 cm³/mol. The van der Waals surface area contributed by atoms with Crippen molar-refractivity contribution in [2.75, 3.05) is 6.54 Å². The van der Waals surface area contributed by atoms with Crippen molar-refractivity contribution in [1.29, 1.82) is 0 Å². The minimum atomic E-state index is 0.559. The fourth-order valence-electron chi connectivity index (χ4n) is 1.80. The molecule has 0 radical (unpaired) electrons. The molecule has 1 aliphatic heterocycles. The molecule has 72 valence electrons. The number of hydrogen-bond acceptors (Lipinski definition) is 2. The van der Waals surface area contributed by atoms with E-state index in [2.05, 4.69) is 31.4 Å². The van der Waals surface area contributed by atoms with Crippen molar-refractivity contribution < 1.29 is 0 Å². The maximum absolute atomic E-state index is 3.62. The lowest BCUT2D eigenvalue weighted by Gasteiger charge is -2.32. The second-order valence-corrected chi connectivity index (χ2v) is 4.20. The lowest BCUT2D eigenvalue weighted by molar-refractivity contribution is 0.262. The Morgan fingerprint density at radius 3 is 2.75 bits per heavy atom. The Hall–Kier alpha value is -0.0800. The van der Waals surface area contributed by atoms with Crippen LogP contribution in [0.15, 0.2) is 0 Å². The topological polar surface area (TPSA) is 24.1 Å². The molecule has 1 fully saturated rings. The molecule has 1 heterocycles. The van der Waals surface area contributed by atoms with E-state index in [1.807, 2.05) is 0 Å². The largest absolute Gasteiger partial charge is 0.302 e. The number of rotatable bonds is 3. The first-order chi connectivity index (χ1) is 5.72. The van der Waals surface area contributed by atoms with Gasteiger partial charge in [0.15, 0.2) is 0 Å². The Morgan fingerprint density at radius 2 is 2.17 bits per heavy atom. The van der Waals surface area contributed by atoms with Gasteiger partial charge in [-0.3, -0.25) is 5.32 Å². The molecule has 2 atom stereocenters. The van der Waals surface area contributed by atoms with Gasteiger partial charge in [0.25, 0.3) is 0 Å². The zero-order valence-corrected chi connectivity index (χ0v) is 8.56. The second-order valence-electron chi connectivity index (χ2n) is 4.20. The Labute approximate surface area is 76.1 Å². The quantitative estimate of drug-likeness (QED) is 0.674. The molecule has 1 rings (SSSR count). The molecule has 0 spiro atoms. The zero-order chi connectivity index (χ0) is 8.97. The molecule has 0 aromatic carbocycles. The van der Waals surface area contributed by atoms with E-state index in [0.717, 1.165) is 12.0 Å². The molecule has 2 N–H and O–H groups in total. The average Bonchev–Trinajstić information content (AvgIpc) is 2.03. The summed E-state index contributed by atoms with van der Waals surface area (Å²) in [5.41, 5.74) is 0. The third kappa shape index (κ3) is 3.11. The first-order valence-corrected chi connectivity index (χ1v) is 5.21. The van der Waals surface area contributed by atoms with Crippen molar-refractivity contribution in [2.45, 2.75) is 52.2 Å². The third-order valence-electron chi connectivity index (χ3n) is 2.52. The molecule has 0 aromatic heterocycles. The molecule has 1 saturated heterocycles. The summed E-state index contributed by atoms with van der Waals surface area (Å²) < 4.78 is 0. The van der Waals surface area contributed by atoms with Gasteiger partial charge in [0.1, 0.15) is 0 Å². The van der Waals surface area contributed by atoms with Gasteiger partial charge in [0, 0.05) is 6.04 Å². The smallest absolute Gasteiger partial charge is 0.0576 e. The lowest BCUT2D eigenvalue weighted by Crippen LogP contribution is -2.53. The normalized spacial score (nSPS) is 31.0. The van der Waals surface area contributed by atoms with Gasteiger partial charge in [0.05, 0.1) is 6.17 Å². The predicted octanol–water partition coefficient (Wildman–Crippen LogP) is 1.72. The van der Waals surface area contributed by atoms with Gasteiger partial charge < -0.3 is 5.32 Å². The Kier molecular flexibility index (Phi) is 4.02.